The number of anilines is 1. The van der Waals surface area contributed by atoms with Gasteiger partial charge in [0.15, 0.2) is 5.82 Å². The third-order valence-electron chi connectivity index (χ3n) is 4.17. The first kappa shape index (κ1) is 18.4. The quantitative estimate of drug-likeness (QED) is 0.634. The van der Waals surface area contributed by atoms with Crippen LogP contribution in [0.5, 0.6) is 0 Å². The van der Waals surface area contributed by atoms with Crippen molar-refractivity contribution in [3.8, 4) is 0 Å². The molecule has 1 N–H and O–H groups in total. The minimum atomic E-state index is -4.77. The third kappa shape index (κ3) is 3.59. The van der Waals surface area contributed by atoms with Gasteiger partial charge in [0.2, 0.25) is 0 Å². The van der Waals surface area contributed by atoms with E-state index in [4.69, 9.17) is 11.6 Å². The number of alkyl halides is 3. The maximum Gasteiger partial charge on any atom is 0.418 e. The van der Waals surface area contributed by atoms with E-state index >= 15 is 0 Å². The summed E-state index contributed by atoms with van der Waals surface area (Å²) in [5.74, 6) is 1.55. The Balaban J connectivity index is 1.88. The van der Waals surface area contributed by atoms with Crippen LogP contribution in [0.3, 0.4) is 0 Å². The predicted molar refractivity (Wildman–Crippen MR) is 88.2 cm³/mol. The molecular weight excluding hydrogens is 375 g/mol. The topological polar surface area (TPSA) is 85.9 Å². The normalized spacial score (nSPS) is 17.0. The Labute approximate surface area is 151 Å². The van der Waals surface area contributed by atoms with E-state index in [1.807, 2.05) is 6.92 Å². The highest BCUT2D eigenvalue weighted by atomic mass is 35.5. The van der Waals surface area contributed by atoms with Crippen molar-refractivity contribution in [2.24, 2.45) is 0 Å². The lowest BCUT2D eigenvalue weighted by Crippen LogP contribution is -2.32. The molecule has 1 aromatic carbocycles. The van der Waals surface area contributed by atoms with Crippen LogP contribution in [0.4, 0.5) is 24.5 Å². The van der Waals surface area contributed by atoms with Crippen LogP contribution in [-0.4, -0.2) is 25.7 Å². The number of nitrogens with one attached hydrogen (secondary N) is 1. The first-order valence-corrected chi connectivity index (χ1v) is 8.31. The lowest BCUT2D eigenvalue weighted by atomic mass is 10.1. The van der Waals surface area contributed by atoms with E-state index in [1.165, 1.54) is 0 Å². The number of aromatic nitrogens is 3. The van der Waals surface area contributed by atoms with Gasteiger partial charge in [-0.2, -0.15) is 18.3 Å². The van der Waals surface area contributed by atoms with Gasteiger partial charge in [-0.25, -0.2) is 9.67 Å². The first-order chi connectivity index (χ1) is 12.2. The summed E-state index contributed by atoms with van der Waals surface area (Å²) in [6.45, 7) is 2.35. The lowest BCUT2D eigenvalue weighted by Gasteiger charge is -2.24. The summed E-state index contributed by atoms with van der Waals surface area (Å²) in [4.78, 5) is 14.7. The van der Waals surface area contributed by atoms with Crippen molar-refractivity contribution >= 4 is 23.0 Å². The van der Waals surface area contributed by atoms with E-state index in [9.17, 15) is 23.3 Å². The number of aryl methyl sites for hydroxylation is 2. The highest BCUT2D eigenvalue weighted by Gasteiger charge is 2.36. The molecule has 1 aliphatic rings. The molecule has 0 aliphatic carbocycles. The molecule has 0 amide bonds. The van der Waals surface area contributed by atoms with Crippen molar-refractivity contribution < 1.29 is 18.1 Å². The van der Waals surface area contributed by atoms with Gasteiger partial charge in [-0.1, -0.05) is 18.5 Å². The summed E-state index contributed by atoms with van der Waals surface area (Å²) < 4.78 is 40.5. The summed E-state index contributed by atoms with van der Waals surface area (Å²) >= 11 is 5.70. The van der Waals surface area contributed by atoms with Gasteiger partial charge in [-0.3, -0.25) is 10.1 Å². The standard InChI is InChI=1S/C15H15ClF3N5O2/c1-2-13-21-14-4-3-8(7-23(14)22-13)20-11-6-10(16)9(15(17,18)19)5-12(11)24(25)26/h5-6,8,20H,2-4,7H2,1H3. The van der Waals surface area contributed by atoms with Crippen molar-refractivity contribution in [1.82, 2.24) is 14.8 Å². The molecule has 0 radical (unpaired) electrons. The van der Waals surface area contributed by atoms with Crippen LogP contribution in [-0.2, 0) is 25.6 Å². The molecule has 1 aromatic heterocycles. The number of hydrogen-bond donors (Lipinski definition) is 1. The summed E-state index contributed by atoms with van der Waals surface area (Å²) in [5.41, 5.74) is -1.94. The molecule has 26 heavy (non-hydrogen) atoms. The number of benzene rings is 1. The zero-order valence-electron chi connectivity index (χ0n) is 13.7. The average molecular weight is 390 g/mol. The highest BCUT2D eigenvalue weighted by molar-refractivity contribution is 6.31. The molecule has 0 spiro atoms. The number of hydrogen-bond acceptors (Lipinski definition) is 5. The monoisotopic (exact) mass is 389 g/mol. The van der Waals surface area contributed by atoms with Crippen molar-refractivity contribution in [1.29, 1.82) is 0 Å². The van der Waals surface area contributed by atoms with Gasteiger partial charge in [0.1, 0.15) is 11.5 Å². The SMILES string of the molecule is CCc1nc2n(n1)CC(Nc1cc(Cl)c(C(F)(F)F)cc1[N+](=O)[O-])CC2. The molecule has 1 atom stereocenters. The minimum absolute atomic E-state index is 0.0442. The fourth-order valence-corrected chi connectivity index (χ4v) is 3.16. The first-order valence-electron chi connectivity index (χ1n) is 7.93. The zero-order chi connectivity index (χ0) is 19.1. The molecule has 3 rings (SSSR count). The molecule has 2 heterocycles. The van der Waals surface area contributed by atoms with E-state index in [-0.39, 0.29) is 11.7 Å². The lowest BCUT2D eigenvalue weighted by molar-refractivity contribution is -0.384. The second kappa shape index (κ2) is 6.75. The maximum atomic E-state index is 12.9. The second-order valence-corrected chi connectivity index (χ2v) is 6.37. The Kier molecular flexibility index (Phi) is 4.78. The number of nitro benzene ring substituents is 1. The molecular formula is C15H15ClF3N5O2. The van der Waals surface area contributed by atoms with Crippen LogP contribution >= 0.6 is 11.6 Å². The van der Waals surface area contributed by atoms with Crippen molar-refractivity contribution in [3.63, 3.8) is 0 Å². The molecule has 0 saturated heterocycles. The summed E-state index contributed by atoms with van der Waals surface area (Å²) in [6, 6.07) is 1.18. The predicted octanol–water partition coefficient (Wildman–Crippen LogP) is 3.85. The van der Waals surface area contributed by atoms with Gasteiger partial charge >= 0.3 is 6.18 Å². The molecule has 7 nitrogen and oxygen atoms in total. The van der Waals surface area contributed by atoms with E-state index < -0.39 is 27.4 Å². The van der Waals surface area contributed by atoms with Crippen LogP contribution in [0, 0.1) is 10.1 Å². The van der Waals surface area contributed by atoms with Crippen LogP contribution in [0.2, 0.25) is 5.02 Å². The zero-order valence-corrected chi connectivity index (χ0v) is 14.4. The molecule has 2 aromatic rings. The van der Waals surface area contributed by atoms with E-state index in [1.54, 1.807) is 4.68 Å². The van der Waals surface area contributed by atoms with Crippen LogP contribution in [0.25, 0.3) is 0 Å². The number of rotatable bonds is 4. The maximum absolute atomic E-state index is 12.9. The minimum Gasteiger partial charge on any atom is -0.375 e. The second-order valence-electron chi connectivity index (χ2n) is 5.96. The van der Waals surface area contributed by atoms with Crippen molar-refractivity contribution in [2.45, 2.75) is 44.9 Å². The summed E-state index contributed by atoms with van der Waals surface area (Å²) in [7, 11) is 0. The van der Waals surface area contributed by atoms with Gasteiger partial charge in [0.05, 0.1) is 22.1 Å². The molecule has 0 fully saturated rings. The fourth-order valence-electron chi connectivity index (χ4n) is 2.89. The van der Waals surface area contributed by atoms with Gasteiger partial charge in [0, 0.05) is 24.9 Å². The molecule has 1 unspecified atom stereocenters. The smallest absolute Gasteiger partial charge is 0.375 e. The average Bonchev–Trinajstić information content (AvgIpc) is 2.95. The number of nitrogens with zero attached hydrogens (tertiary/aromatic N) is 4. The molecule has 0 saturated carbocycles. The molecule has 11 heteroatoms. The van der Waals surface area contributed by atoms with E-state index in [0.717, 1.165) is 11.9 Å². The summed E-state index contributed by atoms with van der Waals surface area (Å²) in [5, 5.41) is 17.9. The third-order valence-corrected chi connectivity index (χ3v) is 4.48. The van der Waals surface area contributed by atoms with E-state index in [2.05, 4.69) is 15.4 Å². The Morgan fingerprint density at radius 2 is 2.19 bits per heavy atom. The molecule has 0 bridgehead atoms. The Morgan fingerprint density at radius 3 is 2.81 bits per heavy atom. The summed E-state index contributed by atoms with van der Waals surface area (Å²) in [6.07, 6.45) is -2.83. The molecule has 140 valence electrons. The Morgan fingerprint density at radius 1 is 1.46 bits per heavy atom. The molecule has 1 aliphatic heterocycles. The van der Waals surface area contributed by atoms with Gasteiger partial charge in [-0.05, 0) is 12.5 Å². The van der Waals surface area contributed by atoms with Crippen LogP contribution in [0.1, 0.15) is 30.6 Å². The van der Waals surface area contributed by atoms with E-state index in [0.29, 0.717) is 37.7 Å². The number of nitro groups is 1. The van der Waals surface area contributed by atoms with Crippen LogP contribution < -0.4 is 5.32 Å². The van der Waals surface area contributed by atoms with Gasteiger partial charge < -0.3 is 5.32 Å². The Hall–Kier alpha value is -2.36. The van der Waals surface area contributed by atoms with Crippen molar-refractivity contribution in [2.75, 3.05) is 5.32 Å². The largest absolute Gasteiger partial charge is 0.418 e. The highest BCUT2D eigenvalue weighted by Crippen LogP contribution is 2.40. The number of fused-ring (bicyclic) bond motifs is 1. The van der Waals surface area contributed by atoms with Gasteiger partial charge in [0.25, 0.3) is 5.69 Å². The van der Waals surface area contributed by atoms with Gasteiger partial charge in [-0.15, -0.1) is 0 Å². The van der Waals surface area contributed by atoms with Crippen LogP contribution in [0.15, 0.2) is 12.1 Å². The Bertz CT molecular complexity index is 853. The fraction of sp³-hybridized carbons (Fsp3) is 0.467. The van der Waals surface area contributed by atoms with Crippen molar-refractivity contribution in [3.05, 3.63) is 44.5 Å². The number of halogens is 4.